The molecule has 3 aromatic rings. The lowest BCUT2D eigenvalue weighted by molar-refractivity contribution is -0.0762. The van der Waals surface area contributed by atoms with Crippen molar-refractivity contribution >= 4 is 5.82 Å². The zero-order chi connectivity index (χ0) is 29.0. The molecule has 4 fully saturated rings. The summed E-state index contributed by atoms with van der Waals surface area (Å²) in [5.74, 6) is 3.01. The summed E-state index contributed by atoms with van der Waals surface area (Å²) in [6.07, 6.45) is 10.7. The Bertz CT molecular complexity index is 1430. The number of likely N-dealkylation sites (tertiary alicyclic amines) is 1. The van der Waals surface area contributed by atoms with Gasteiger partial charge in [-0.05, 0) is 76.2 Å². The van der Waals surface area contributed by atoms with Gasteiger partial charge in [-0.15, -0.1) is 10.2 Å². The quantitative estimate of drug-likeness (QED) is 0.351. The van der Waals surface area contributed by atoms with Crippen molar-refractivity contribution in [2.45, 2.75) is 64.0 Å². The number of aromatic nitrogens is 5. The van der Waals surface area contributed by atoms with Crippen molar-refractivity contribution in [2.24, 2.45) is 17.3 Å². The van der Waals surface area contributed by atoms with E-state index in [1.807, 2.05) is 0 Å². The molecular weight excluding hydrogens is 531 g/mol. The van der Waals surface area contributed by atoms with Crippen LogP contribution in [0.5, 0.6) is 11.6 Å². The van der Waals surface area contributed by atoms with Crippen molar-refractivity contribution in [3.8, 4) is 22.8 Å². The fourth-order valence-electron chi connectivity index (χ4n) is 7.67. The SMILES string of the molecule is CC(C)[C@H](C1CC(N(C)C)C1)N1CC2(CCN(c3ncnnc3Oc3ccc(F)cc3-c3cncnc3C3CC3)C2)C1. The maximum Gasteiger partial charge on any atom is 0.282 e. The third-order valence-electron chi connectivity index (χ3n) is 10.00. The van der Waals surface area contributed by atoms with Crippen molar-refractivity contribution in [1.29, 1.82) is 0 Å². The van der Waals surface area contributed by atoms with Crippen LogP contribution in [0.4, 0.5) is 10.2 Å². The molecule has 1 spiro atoms. The van der Waals surface area contributed by atoms with Crippen LogP contribution in [0.3, 0.4) is 0 Å². The second-order valence-corrected chi connectivity index (χ2v) is 13.6. The minimum absolute atomic E-state index is 0.266. The Balaban J connectivity index is 1.08. The molecule has 9 nitrogen and oxygen atoms in total. The summed E-state index contributed by atoms with van der Waals surface area (Å²) in [5, 5.41) is 8.40. The molecule has 2 aliphatic carbocycles. The number of nitrogens with zero attached hydrogens (tertiary/aromatic N) is 8. The van der Waals surface area contributed by atoms with E-state index in [0.29, 0.717) is 40.9 Å². The van der Waals surface area contributed by atoms with Gasteiger partial charge < -0.3 is 14.5 Å². The lowest BCUT2D eigenvalue weighted by atomic mass is 9.68. The van der Waals surface area contributed by atoms with Gasteiger partial charge >= 0.3 is 0 Å². The van der Waals surface area contributed by atoms with E-state index in [9.17, 15) is 4.39 Å². The molecule has 0 amide bonds. The maximum absolute atomic E-state index is 14.5. The molecule has 2 aliphatic heterocycles. The number of hydrogen-bond acceptors (Lipinski definition) is 9. The van der Waals surface area contributed by atoms with Gasteiger partial charge in [0.05, 0.1) is 5.69 Å². The van der Waals surface area contributed by atoms with Gasteiger partial charge in [0.2, 0.25) is 0 Å². The first kappa shape index (κ1) is 27.6. The number of rotatable bonds is 9. The molecule has 0 unspecified atom stereocenters. The van der Waals surface area contributed by atoms with Gasteiger partial charge in [-0.3, -0.25) is 4.90 Å². The summed E-state index contributed by atoms with van der Waals surface area (Å²) < 4.78 is 20.9. The van der Waals surface area contributed by atoms with Crippen LogP contribution in [0.2, 0.25) is 0 Å². The van der Waals surface area contributed by atoms with E-state index in [-0.39, 0.29) is 11.2 Å². The Kier molecular flexibility index (Phi) is 7.09. The first-order valence-corrected chi connectivity index (χ1v) is 15.4. The first-order chi connectivity index (χ1) is 20.3. The van der Waals surface area contributed by atoms with Crippen LogP contribution < -0.4 is 9.64 Å². The first-order valence-electron chi connectivity index (χ1n) is 15.4. The predicted molar refractivity (Wildman–Crippen MR) is 159 cm³/mol. The lowest BCUT2D eigenvalue weighted by Gasteiger charge is -2.57. The maximum atomic E-state index is 14.5. The predicted octanol–water partition coefficient (Wildman–Crippen LogP) is 5.01. The Labute approximate surface area is 247 Å². The highest BCUT2D eigenvalue weighted by Gasteiger charge is 2.53. The summed E-state index contributed by atoms with van der Waals surface area (Å²) in [4.78, 5) is 20.8. The summed E-state index contributed by atoms with van der Waals surface area (Å²) in [7, 11) is 4.41. The Morgan fingerprint density at radius 2 is 1.86 bits per heavy atom. The molecule has 0 radical (unpaired) electrons. The molecule has 2 saturated carbocycles. The normalized spacial score (nSPS) is 24.2. The third kappa shape index (κ3) is 5.13. The molecule has 4 heterocycles. The molecular formula is C32H41FN8O. The average Bonchev–Trinajstić information content (AvgIpc) is 3.68. The van der Waals surface area contributed by atoms with Crippen molar-refractivity contribution in [2.75, 3.05) is 45.2 Å². The molecule has 1 atom stereocenters. The second-order valence-electron chi connectivity index (χ2n) is 13.6. The molecule has 222 valence electrons. The monoisotopic (exact) mass is 572 g/mol. The van der Waals surface area contributed by atoms with E-state index in [1.54, 1.807) is 18.6 Å². The smallest absolute Gasteiger partial charge is 0.282 e. The van der Waals surface area contributed by atoms with Crippen molar-refractivity contribution in [1.82, 2.24) is 34.9 Å². The molecule has 2 aromatic heterocycles. The van der Waals surface area contributed by atoms with E-state index in [4.69, 9.17) is 4.74 Å². The highest BCUT2D eigenvalue weighted by atomic mass is 19.1. The zero-order valence-electron chi connectivity index (χ0n) is 25.1. The van der Waals surface area contributed by atoms with Crippen LogP contribution in [0, 0.1) is 23.1 Å². The molecule has 42 heavy (non-hydrogen) atoms. The summed E-state index contributed by atoms with van der Waals surface area (Å²) >= 11 is 0. The number of anilines is 1. The van der Waals surface area contributed by atoms with Crippen LogP contribution >= 0.6 is 0 Å². The Morgan fingerprint density at radius 3 is 2.60 bits per heavy atom. The van der Waals surface area contributed by atoms with Gasteiger partial charge in [0.1, 0.15) is 24.2 Å². The average molecular weight is 573 g/mol. The zero-order valence-corrected chi connectivity index (χ0v) is 25.1. The number of halogens is 1. The van der Waals surface area contributed by atoms with Crippen LogP contribution in [0.1, 0.15) is 57.6 Å². The Morgan fingerprint density at radius 1 is 1.05 bits per heavy atom. The van der Waals surface area contributed by atoms with Gasteiger partial charge in [0.25, 0.3) is 5.88 Å². The number of benzene rings is 1. The molecule has 2 saturated heterocycles. The van der Waals surface area contributed by atoms with E-state index in [0.717, 1.165) is 68.7 Å². The summed E-state index contributed by atoms with van der Waals surface area (Å²) in [6, 6.07) is 5.93. The molecule has 1 aromatic carbocycles. The van der Waals surface area contributed by atoms with E-state index >= 15 is 0 Å². The van der Waals surface area contributed by atoms with Crippen molar-refractivity contribution < 1.29 is 9.13 Å². The van der Waals surface area contributed by atoms with Crippen LogP contribution in [-0.2, 0) is 0 Å². The minimum Gasteiger partial charge on any atom is -0.434 e. The van der Waals surface area contributed by atoms with E-state index in [2.05, 4.69) is 67.8 Å². The molecule has 7 rings (SSSR count). The van der Waals surface area contributed by atoms with Gasteiger partial charge in [0.15, 0.2) is 5.82 Å². The van der Waals surface area contributed by atoms with Crippen molar-refractivity contribution in [3.05, 3.63) is 48.6 Å². The third-order valence-corrected chi connectivity index (χ3v) is 10.00. The molecule has 4 aliphatic rings. The molecule has 0 N–H and O–H groups in total. The standard InChI is InChI=1S/C32H41FN8O/c1-20(2)29(22-11-24(12-22)39(3)4)41-16-32(17-41)9-10-40(15-32)30-31(38-37-19-36-30)42-27-8-7-23(33)13-25(27)26-14-34-18-35-28(26)21-5-6-21/h7-8,13-14,18-22,24,29H,5-6,9-12,15-17H2,1-4H3/t22?,24?,29-/m1/s1. The van der Waals surface area contributed by atoms with E-state index < -0.39 is 0 Å². The minimum atomic E-state index is -0.338. The number of hydrogen-bond donors (Lipinski definition) is 0. The molecule has 0 bridgehead atoms. The Hall–Kier alpha value is -3.24. The molecule has 10 heteroatoms. The van der Waals surface area contributed by atoms with Crippen molar-refractivity contribution in [3.63, 3.8) is 0 Å². The van der Waals surface area contributed by atoms with Gasteiger partial charge in [-0.1, -0.05) is 13.8 Å². The summed E-state index contributed by atoms with van der Waals surface area (Å²) in [5.41, 5.74) is 2.62. The summed E-state index contributed by atoms with van der Waals surface area (Å²) in [6.45, 7) is 8.84. The van der Waals surface area contributed by atoms with Gasteiger partial charge in [-0.2, -0.15) is 0 Å². The highest BCUT2D eigenvalue weighted by molar-refractivity contribution is 5.73. The topological polar surface area (TPSA) is 83.4 Å². The largest absolute Gasteiger partial charge is 0.434 e. The fraction of sp³-hybridized carbons (Fsp3) is 0.594. The van der Waals surface area contributed by atoms with E-state index in [1.165, 1.54) is 31.3 Å². The fourth-order valence-corrected chi connectivity index (χ4v) is 7.67. The van der Waals surface area contributed by atoms with Gasteiger partial charge in [0, 0.05) is 66.9 Å². The van der Waals surface area contributed by atoms with Gasteiger partial charge in [-0.25, -0.2) is 19.3 Å². The highest BCUT2D eigenvalue weighted by Crippen LogP contribution is 2.48. The lowest BCUT2D eigenvalue weighted by Crippen LogP contribution is -2.65. The second kappa shape index (κ2) is 10.8. The van der Waals surface area contributed by atoms with Crippen LogP contribution in [0.25, 0.3) is 11.1 Å². The number of ether oxygens (including phenoxy) is 1. The van der Waals surface area contributed by atoms with Crippen LogP contribution in [-0.4, -0.2) is 87.3 Å². The van der Waals surface area contributed by atoms with Crippen LogP contribution in [0.15, 0.2) is 37.1 Å².